The zero-order valence-corrected chi connectivity index (χ0v) is 38.3. The third-order valence-electron chi connectivity index (χ3n) is 14.6. The minimum atomic E-state index is -0.386. The van der Waals surface area contributed by atoms with Gasteiger partial charge in [-0.25, -0.2) is 24.9 Å². The van der Waals surface area contributed by atoms with Crippen molar-refractivity contribution in [2.75, 3.05) is 0 Å². The smallest absolute Gasteiger partial charge is 0.163 e. The lowest BCUT2D eigenvalue weighted by atomic mass is 9.63. The molecule has 0 fully saturated rings. The lowest BCUT2D eigenvalue weighted by Crippen LogP contribution is -2.39. The summed E-state index contributed by atoms with van der Waals surface area (Å²) in [5, 5.41) is 3.75. The molecule has 1 spiro atoms. The van der Waals surface area contributed by atoms with Gasteiger partial charge in [-0.05, 0) is 95.5 Å². The van der Waals surface area contributed by atoms with Crippen molar-refractivity contribution < 1.29 is 0 Å². The average Bonchev–Trinajstić information content (AvgIpc) is 3.71. The maximum Gasteiger partial charge on any atom is 0.163 e. The first-order valence-electron chi connectivity index (χ1n) is 24.0. The fourth-order valence-corrected chi connectivity index (χ4v) is 12.6. The van der Waals surface area contributed by atoms with E-state index in [0.717, 1.165) is 76.6 Å². The summed E-state index contributed by atoms with van der Waals surface area (Å²) in [6.07, 6.45) is 26.4. The van der Waals surface area contributed by atoms with Gasteiger partial charge in [-0.3, -0.25) is 0 Å². The predicted molar refractivity (Wildman–Crippen MR) is 276 cm³/mol. The molecule has 0 saturated carbocycles. The molecule has 7 heteroatoms. The number of fused-ring (bicyclic) bond motifs is 9. The van der Waals surface area contributed by atoms with Crippen molar-refractivity contribution in [2.45, 2.75) is 58.9 Å². The minimum Gasteiger partial charge on any atom is -0.324 e. The van der Waals surface area contributed by atoms with Gasteiger partial charge in [-0.1, -0.05) is 182 Å². The Hall–Kier alpha value is -7.48. The van der Waals surface area contributed by atoms with Gasteiger partial charge in [0.15, 0.2) is 17.8 Å². The first-order valence-corrected chi connectivity index (χ1v) is 24.8. The second kappa shape index (κ2) is 17.0. The molecular formula is C61H48N6S. The Morgan fingerprint density at radius 3 is 1.91 bits per heavy atom. The minimum absolute atomic E-state index is 0.0316. The third kappa shape index (κ3) is 6.98. The van der Waals surface area contributed by atoms with Crippen LogP contribution in [-0.2, 0) is 5.41 Å². The Balaban J connectivity index is 1.03. The van der Waals surface area contributed by atoms with Crippen LogP contribution in [0.4, 0.5) is 0 Å². The van der Waals surface area contributed by atoms with Crippen LogP contribution in [0.15, 0.2) is 226 Å². The van der Waals surface area contributed by atoms with Crippen molar-refractivity contribution in [3.05, 3.63) is 246 Å². The van der Waals surface area contributed by atoms with E-state index in [9.17, 15) is 0 Å². The Labute approximate surface area is 401 Å². The first-order chi connectivity index (χ1) is 33.7. The summed E-state index contributed by atoms with van der Waals surface area (Å²) in [6.45, 7) is 0. The van der Waals surface area contributed by atoms with Crippen LogP contribution in [0.2, 0.25) is 0 Å². The van der Waals surface area contributed by atoms with E-state index >= 15 is 0 Å². The number of aromatic nitrogens is 3. The van der Waals surface area contributed by atoms with Gasteiger partial charge >= 0.3 is 0 Å². The van der Waals surface area contributed by atoms with Gasteiger partial charge in [-0.15, -0.1) is 0 Å². The van der Waals surface area contributed by atoms with Crippen molar-refractivity contribution in [2.24, 2.45) is 21.8 Å². The van der Waals surface area contributed by atoms with Crippen LogP contribution in [-0.4, -0.2) is 32.8 Å². The zero-order valence-electron chi connectivity index (χ0n) is 37.5. The van der Waals surface area contributed by atoms with Gasteiger partial charge in [0, 0.05) is 55.7 Å². The highest BCUT2D eigenvalue weighted by molar-refractivity contribution is 7.99. The monoisotopic (exact) mass is 896 g/mol. The number of hydrogen-bond acceptors (Lipinski definition) is 7. The lowest BCUT2D eigenvalue weighted by Gasteiger charge is -2.43. The molecule has 0 bridgehead atoms. The first kappa shape index (κ1) is 40.8. The summed E-state index contributed by atoms with van der Waals surface area (Å²) in [7, 11) is 0. The Kier molecular flexibility index (Phi) is 10.2. The van der Waals surface area contributed by atoms with Crippen molar-refractivity contribution in [3.8, 4) is 33.9 Å². The van der Waals surface area contributed by atoms with Gasteiger partial charge in [0.05, 0.1) is 5.41 Å². The van der Waals surface area contributed by atoms with Gasteiger partial charge < -0.3 is 5.32 Å². The highest BCUT2D eigenvalue weighted by Gasteiger charge is 2.56. The van der Waals surface area contributed by atoms with E-state index in [0.29, 0.717) is 11.6 Å². The molecule has 4 aliphatic carbocycles. The van der Waals surface area contributed by atoms with Gasteiger partial charge in [0.1, 0.15) is 17.5 Å². The summed E-state index contributed by atoms with van der Waals surface area (Å²) in [5.74, 6) is 4.35. The number of nitrogens with one attached hydrogen (secondary N) is 1. The van der Waals surface area contributed by atoms with E-state index in [4.69, 9.17) is 24.9 Å². The Morgan fingerprint density at radius 2 is 1.18 bits per heavy atom. The molecule has 68 heavy (non-hydrogen) atoms. The highest BCUT2D eigenvalue weighted by Crippen LogP contribution is 2.64. The molecule has 3 heterocycles. The van der Waals surface area contributed by atoms with E-state index in [-0.39, 0.29) is 35.3 Å². The summed E-state index contributed by atoms with van der Waals surface area (Å²) >= 11 is 1.89. The quantitative estimate of drug-likeness (QED) is 0.161. The molecule has 6 nitrogen and oxygen atoms in total. The van der Waals surface area contributed by atoms with E-state index < -0.39 is 0 Å². The van der Waals surface area contributed by atoms with E-state index in [1.165, 1.54) is 32.0 Å². The van der Waals surface area contributed by atoms with E-state index in [1.54, 1.807) is 0 Å². The lowest BCUT2D eigenvalue weighted by molar-refractivity contribution is 0.442. The normalized spacial score (nSPS) is 22.4. The standard InChI is InChI=1S/C61H48N6S/c1-5-19-39(20-6-1)55-62-56(40-21-7-2-8-22-40)65-59(64-55)45-35-44(36-46(37-45)60-66-57(41-23-9-3-10-24-41)63-58(67-60)42-25-11-4-12-26-42)43-33-34-48-47-27-13-14-28-49(47)61(52(48)38-43)50-29-15-17-31-53(50)68-54-32-18-16-30-51(54)61/h1-3,5-11,13-21,23-25,27-38,40,42,47,49,58H,4,12,22,26H2,(H,63,66,67). The largest absolute Gasteiger partial charge is 0.324 e. The summed E-state index contributed by atoms with van der Waals surface area (Å²) in [6, 6.07) is 52.9. The summed E-state index contributed by atoms with van der Waals surface area (Å²) in [5.41, 5.74) is 11.1. The molecule has 0 saturated heterocycles. The molecule has 6 aliphatic rings. The fourth-order valence-electron chi connectivity index (χ4n) is 11.4. The van der Waals surface area contributed by atoms with Crippen LogP contribution in [0.25, 0.3) is 33.9 Å². The number of nitrogens with zero attached hydrogens (tertiary/aromatic N) is 5. The fraction of sp³-hybridized carbons (Fsp3) is 0.164. The van der Waals surface area contributed by atoms with Crippen LogP contribution in [0.1, 0.15) is 76.7 Å². The van der Waals surface area contributed by atoms with Crippen molar-refractivity contribution in [1.82, 2.24) is 20.3 Å². The molecule has 1 aromatic heterocycles. The van der Waals surface area contributed by atoms with Crippen LogP contribution in [0, 0.1) is 11.8 Å². The SMILES string of the molecule is C1=CCC(c2nc(-c3ccccc3)nc(-c3cc(C4=NC(C5C=CCCC5)N=C(c5ccccc5)N4)cc(-c4ccc5c(c4)C4(c6ccccc6Sc6ccccc64)C4C=CC=CC54)c3)n2)C=C1. The van der Waals surface area contributed by atoms with Crippen molar-refractivity contribution >= 4 is 23.4 Å². The number of benzene rings is 6. The van der Waals surface area contributed by atoms with Crippen LogP contribution in [0.3, 0.4) is 0 Å². The molecule has 13 rings (SSSR count). The van der Waals surface area contributed by atoms with Gasteiger partial charge in [0.2, 0.25) is 0 Å². The molecule has 0 radical (unpaired) electrons. The van der Waals surface area contributed by atoms with Gasteiger partial charge in [0.25, 0.3) is 0 Å². The van der Waals surface area contributed by atoms with E-state index in [2.05, 4.69) is 193 Å². The second-order valence-corrected chi connectivity index (χ2v) is 19.7. The highest BCUT2D eigenvalue weighted by atomic mass is 32.2. The molecule has 0 amide bonds. The maximum absolute atomic E-state index is 5.48. The average molecular weight is 897 g/mol. The molecule has 6 aromatic carbocycles. The predicted octanol–water partition coefficient (Wildman–Crippen LogP) is 13.6. The molecule has 5 unspecified atom stereocenters. The summed E-state index contributed by atoms with van der Waals surface area (Å²) < 4.78 is 0. The molecule has 5 atom stereocenters. The van der Waals surface area contributed by atoms with E-state index in [1.807, 2.05) is 30.0 Å². The number of rotatable bonds is 7. The third-order valence-corrected chi connectivity index (χ3v) is 15.7. The maximum atomic E-state index is 5.48. The van der Waals surface area contributed by atoms with Crippen LogP contribution >= 0.6 is 11.8 Å². The van der Waals surface area contributed by atoms with Gasteiger partial charge in [-0.2, -0.15) is 0 Å². The van der Waals surface area contributed by atoms with Crippen molar-refractivity contribution in [1.29, 1.82) is 0 Å². The molecular weight excluding hydrogens is 849 g/mol. The molecule has 2 aliphatic heterocycles. The Morgan fingerprint density at radius 1 is 0.515 bits per heavy atom. The summed E-state index contributed by atoms with van der Waals surface area (Å²) in [4.78, 5) is 29.2. The molecule has 7 aromatic rings. The number of allylic oxidation sites excluding steroid dienone is 9. The second-order valence-electron chi connectivity index (χ2n) is 18.6. The van der Waals surface area contributed by atoms with Crippen molar-refractivity contribution in [3.63, 3.8) is 0 Å². The number of aliphatic imine (C=N–C) groups is 2. The van der Waals surface area contributed by atoms with Crippen LogP contribution in [0.5, 0.6) is 0 Å². The number of hydrogen-bond donors (Lipinski definition) is 1. The van der Waals surface area contributed by atoms with Crippen LogP contribution < -0.4 is 5.32 Å². The topological polar surface area (TPSA) is 75.4 Å². The number of amidine groups is 2. The molecule has 1 N–H and O–H groups in total. The Bertz CT molecular complexity index is 3300. The zero-order chi connectivity index (χ0) is 45.0. The molecule has 328 valence electrons.